The minimum absolute atomic E-state index is 0.0343. The number of aryl methyl sites for hydroxylation is 1. The van der Waals surface area contributed by atoms with Crippen molar-refractivity contribution in [2.45, 2.75) is 13.3 Å². The molecule has 0 bridgehead atoms. The summed E-state index contributed by atoms with van der Waals surface area (Å²) >= 11 is 1.86. The molecule has 0 saturated carbocycles. The number of halogens is 3. The molecule has 0 aliphatic carbocycles. The van der Waals surface area contributed by atoms with Crippen LogP contribution in [-0.2, 0) is 0 Å². The fraction of sp³-hybridized carbons (Fsp3) is 0.250. The Labute approximate surface area is 87.5 Å². The molecule has 0 aliphatic rings. The summed E-state index contributed by atoms with van der Waals surface area (Å²) in [5.74, 6) is 0. The monoisotopic (exact) mass is 297 g/mol. The average Bonchev–Trinajstić information content (AvgIpc) is 2.08. The fourth-order valence-corrected chi connectivity index (χ4v) is 1.31. The van der Waals surface area contributed by atoms with E-state index in [0.29, 0.717) is 9.99 Å². The number of alkyl halides is 2. The van der Waals surface area contributed by atoms with E-state index >= 15 is 0 Å². The average molecular weight is 297 g/mol. The molecule has 0 spiro atoms. The lowest BCUT2D eigenvalue weighted by Crippen LogP contribution is -2.01. The predicted octanol–water partition coefficient (Wildman–Crippen LogP) is 2.74. The number of hydrogen-bond donors (Lipinski definition) is 0. The molecule has 0 aromatic carbocycles. The molecule has 5 heteroatoms. The van der Waals surface area contributed by atoms with Crippen molar-refractivity contribution in [3.8, 4) is 0 Å². The molecule has 0 amide bonds. The summed E-state index contributed by atoms with van der Waals surface area (Å²) in [6.07, 6.45) is -2.30. The molecule has 0 atom stereocenters. The van der Waals surface area contributed by atoms with Crippen molar-refractivity contribution in [2.75, 3.05) is 0 Å². The number of aromatic nitrogens is 1. The van der Waals surface area contributed by atoms with Gasteiger partial charge in [-0.3, -0.25) is 4.79 Å². The maximum Gasteiger partial charge on any atom is 0.281 e. The van der Waals surface area contributed by atoms with Crippen LogP contribution in [0.3, 0.4) is 0 Å². The number of rotatable bonds is 2. The lowest BCUT2D eigenvalue weighted by Gasteiger charge is -2.05. The highest BCUT2D eigenvalue weighted by molar-refractivity contribution is 14.1. The zero-order chi connectivity index (χ0) is 10.0. The first-order valence-corrected chi connectivity index (χ1v) is 4.54. The molecule has 0 aliphatic heterocycles. The molecule has 2 nitrogen and oxygen atoms in total. The van der Waals surface area contributed by atoms with Gasteiger partial charge in [-0.05, 0) is 41.1 Å². The summed E-state index contributed by atoms with van der Waals surface area (Å²) in [6.45, 7) is 1.72. The van der Waals surface area contributed by atoms with Crippen LogP contribution in [0, 0.1) is 10.6 Å². The highest BCUT2D eigenvalue weighted by Crippen LogP contribution is 2.22. The molecule has 1 aromatic rings. The van der Waals surface area contributed by atoms with Gasteiger partial charge in [0.15, 0.2) is 6.29 Å². The summed E-state index contributed by atoms with van der Waals surface area (Å²) in [4.78, 5) is 14.1. The van der Waals surface area contributed by atoms with E-state index in [0.717, 1.165) is 5.56 Å². The Kier molecular flexibility index (Phi) is 3.29. The van der Waals surface area contributed by atoms with E-state index in [4.69, 9.17) is 0 Å². The van der Waals surface area contributed by atoms with Crippen LogP contribution in [0.4, 0.5) is 8.78 Å². The van der Waals surface area contributed by atoms with Gasteiger partial charge in [-0.25, -0.2) is 13.8 Å². The van der Waals surface area contributed by atoms with Crippen LogP contribution < -0.4 is 0 Å². The third-order valence-corrected chi connectivity index (χ3v) is 2.64. The Morgan fingerprint density at radius 3 is 2.69 bits per heavy atom. The Morgan fingerprint density at radius 2 is 2.23 bits per heavy atom. The van der Waals surface area contributed by atoms with Crippen molar-refractivity contribution in [3.63, 3.8) is 0 Å². The molecule has 1 aromatic heterocycles. The van der Waals surface area contributed by atoms with E-state index in [2.05, 4.69) is 4.98 Å². The third-order valence-electron chi connectivity index (χ3n) is 1.55. The molecule has 0 radical (unpaired) electrons. The topological polar surface area (TPSA) is 30.0 Å². The maximum atomic E-state index is 12.3. The van der Waals surface area contributed by atoms with Crippen LogP contribution >= 0.6 is 22.6 Å². The van der Waals surface area contributed by atoms with Gasteiger partial charge < -0.3 is 0 Å². The first kappa shape index (κ1) is 10.5. The molecule has 1 heterocycles. The zero-order valence-electron chi connectivity index (χ0n) is 6.72. The SMILES string of the molecule is Cc1cc(C=O)c(C(F)F)nc1I. The summed E-state index contributed by atoms with van der Waals surface area (Å²) in [7, 11) is 0. The first-order chi connectivity index (χ1) is 6.06. The largest absolute Gasteiger partial charge is 0.298 e. The number of nitrogens with zero attached hydrogens (tertiary/aromatic N) is 1. The summed E-state index contributed by atoms with van der Waals surface area (Å²) in [5, 5.41) is 0. The Balaban J connectivity index is 3.32. The standard InChI is InChI=1S/C8H6F2INO/c1-4-2-5(3-13)6(7(9)10)12-8(4)11/h2-3,7H,1H3. The molecule has 0 unspecified atom stereocenters. The molecule has 0 fully saturated rings. The van der Waals surface area contributed by atoms with Crippen LogP contribution in [0.15, 0.2) is 6.07 Å². The van der Waals surface area contributed by atoms with E-state index in [1.54, 1.807) is 6.92 Å². The van der Waals surface area contributed by atoms with Gasteiger partial charge in [0.1, 0.15) is 9.39 Å². The van der Waals surface area contributed by atoms with Gasteiger partial charge in [-0.15, -0.1) is 0 Å². The van der Waals surface area contributed by atoms with Crippen molar-refractivity contribution in [1.82, 2.24) is 4.98 Å². The predicted molar refractivity (Wildman–Crippen MR) is 52.0 cm³/mol. The van der Waals surface area contributed by atoms with E-state index in [1.807, 2.05) is 22.6 Å². The van der Waals surface area contributed by atoms with Crippen molar-refractivity contribution < 1.29 is 13.6 Å². The Morgan fingerprint density at radius 1 is 1.62 bits per heavy atom. The van der Waals surface area contributed by atoms with Gasteiger partial charge in [0.2, 0.25) is 0 Å². The third kappa shape index (κ3) is 2.20. The zero-order valence-corrected chi connectivity index (χ0v) is 8.88. The van der Waals surface area contributed by atoms with Crippen molar-refractivity contribution in [3.05, 3.63) is 26.6 Å². The van der Waals surface area contributed by atoms with Crippen LogP contribution in [0.25, 0.3) is 0 Å². The Hall–Kier alpha value is -0.590. The van der Waals surface area contributed by atoms with Crippen LogP contribution in [0.2, 0.25) is 0 Å². The van der Waals surface area contributed by atoms with Gasteiger partial charge in [0, 0.05) is 5.56 Å². The molecule has 0 N–H and O–H groups in total. The normalized spacial score (nSPS) is 10.5. The molecule has 70 valence electrons. The minimum Gasteiger partial charge on any atom is -0.298 e. The molecule has 1 rings (SSSR count). The highest BCUT2D eigenvalue weighted by Gasteiger charge is 2.15. The van der Waals surface area contributed by atoms with Crippen LogP contribution in [0.1, 0.15) is 28.0 Å². The number of carbonyl (C=O) groups excluding carboxylic acids is 1. The van der Waals surface area contributed by atoms with Crippen molar-refractivity contribution >= 4 is 28.9 Å². The van der Waals surface area contributed by atoms with Gasteiger partial charge in [-0.2, -0.15) is 0 Å². The molecule has 13 heavy (non-hydrogen) atoms. The van der Waals surface area contributed by atoms with Crippen molar-refractivity contribution in [2.24, 2.45) is 0 Å². The lowest BCUT2D eigenvalue weighted by atomic mass is 10.1. The van der Waals surface area contributed by atoms with Gasteiger partial charge in [0.25, 0.3) is 6.43 Å². The quantitative estimate of drug-likeness (QED) is 0.477. The van der Waals surface area contributed by atoms with Crippen LogP contribution in [-0.4, -0.2) is 11.3 Å². The smallest absolute Gasteiger partial charge is 0.281 e. The van der Waals surface area contributed by atoms with Crippen LogP contribution in [0.5, 0.6) is 0 Å². The summed E-state index contributed by atoms with van der Waals surface area (Å²) in [5.41, 5.74) is 0.255. The summed E-state index contributed by atoms with van der Waals surface area (Å²) < 4.78 is 25.1. The fourth-order valence-electron chi connectivity index (χ4n) is 0.894. The van der Waals surface area contributed by atoms with E-state index in [9.17, 15) is 13.6 Å². The second-order valence-corrected chi connectivity index (χ2v) is 3.51. The number of carbonyl (C=O) groups is 1. The number of aldehydes is 1. The van der Waals surface area contributed by atoms with E-state index in [1.165, 1.54) is 6.07 Å². The van der Waals surface area contributed by atoms with Gasteiger partial charge in [-0.1, -0.05) is 0 Å². The van der Waals surface area contributed by atoms with Gasteiger partial charge >= 0.3 is 0 Å². The number of pyridine rings is 1. The summed E-state index contributed by atoms with van der Waals surface area (Å²) in [6, 6.07) is 1.42. The maximum absolute atomic E-state index is 12.3. The first-order valence-electron chi connectivity index (χ1n) is 3.46. The van der Waals surface area contributed by atoms with E-state index in [-0.39, 0.29) is 5.56 Å². The van der Waals surface area contributed by atoms with E-state index < -0.39 is 12.1 Å². The second kappa shape index (κ2) is 4.08. The lowest BCUT2D eigenvalue weighted by molar-refractivity contribution is 0.110. The van der Waals surface area contributed by atoms with Gasteiger partial charge in [0.05, 0.1) is 0 Å². The van der Waals surface area contributed by atoms with Crippen molar-refractivity contribution in [1.29, 1.82) is 0 Å². The number of hydrogen-bond acceptors (Lipinski definition) is 2. The Bertz CT molecular complexity index is 341. The second-order valence-electron chi connectivity index (χ2n) is 2.49. The minimum atomic E-state index is -2.70. The molecule has 0 saturated heterocycles. The molecular weight excluding hydrogens is 291 g/mol. The molecular formula is C8H6F2INO. The highest BCUT2D eigenvalue weighted by atomic mass is 127.